The maximum absolute atomic E-state index is 9.00. The van der Waals surface area contributed by atoms with Gasteiger partial charge in [0.1, 0.15) is 0 Å². The number of carboxylic acid groups (broad SMARTS) is 1. The third-order valence-corrected chi connectivity index (χ3v) is 0.957. The summed E-state index contributed by atoms with van der Waals surface area (Å²) in [4.78, 5) is 9.00. The zero-order chi connectivity index (χ0) is 10.4. The van der Waals surface area contributed by atoms with Crippen molar-refractivity contribution in [2.24, 2.45) is 0 Å². The molecule has 0 heterocycles. The number of rotatable bonds is 3. The Labute approximate surface area is 86.8 Å². The van der Waals surface area contributed by atoms with Crippen LogP contribution in [0.3, 0.4) is 0 Å². The van der Waals surface area contributed by atoms with E-state index in [1.807, 2.05) is 0 Å². The minimum absolute atomic E-state index is 0.833. The molecule has 0 rings (SSSR count). The van der Waals surface area contributed by atoms with Crippen LogP contribution in [0.4, 0.5) is 0 Å². The SMILES string of the molecule is CC(=O)O.CCCCCC.[O]=[Ag]. The summed E-state index contributed by atoms with van der Waals surface area (Å²) in [5.41, 5.74) is 0. The summed E-state index contributed by atoms with van der Waals surface area (Å²) in [6.07, 6.45) is 5.54. The van der Waals surface area contributed by atoms with Gasteiger partial charge in [0.25, 0.3) is 5.97 Å². The first-order valence-electron chi connectivity index (χ1n) is 3.97. The van der Waals surface area contributed by atoms with E-state index < -0.39 is 5.97 Å². The Bertz CT molecular complexity index is 78.4. The molecule has 0 fully saturated rings. The molecule has 0 aliphatic heterocycles. The maximum atomic E-state index is 9.00. The predicted octanol–water partition coefficient (Wildman–Crippen LogP) is 2.56. The van der Waals surface area contributed by atoms with E-state index in [1.165, 1.54) is 25.7 Å². The van der Waals surface area contributed by atoms with Crippen LogP contribution in [-0.2, 0) is 29.1 Å². The molecule has 79 valence electrons. The van der Waals surface area contributed by atoms with Gasteiger partial charge in [-0.25, -0.2) is 0 Å². The van der Waals surface area contributed by atoms with Gasteiger partial charge in [0.05, 0.1) is 0 Å². The van der Waals surface area contributed by atoms with E-state index in [0.717, 1.165) is 6.92 Å². The van der Waals surface area contributed by atoms with Crippen molar-refractivity contribution in [2.45, 2.75) is 46.5 Å². The van der Waals surface area contributed by atoms with Crippen LogP contribution < -0.4 is 0 Å². The van der Waals surface area contributed by atoms with Crippen LogP contribution in [0, 0.1) is 0 Å². The van der Waals surface area contributed by atoms with Gasteiger partial charge in [-0.05, 0) is 0 Å². The quantitative estimate of drug-likeness (QED) is 0.633. The number of hydrogen-bond donors (Lipinski definition) is 1. The molecule has 0 bridgehead atoms. The summed E-state index contributed by atoms with van der Waals surface area (Å²) in [6.45, 7) is 5.55. The molecule has 0 aromatic rings. The molecule has 0 aliphatic rings. The second-order valence-electron chi connectivity index (χ2n) is 2.23. The third kappa shape index (κ3) is 89.7. The van der Waals surface area contributed by atoms with Crippen molar-refractivity contribution in [3.05, 3.63) is 0 Å². The topological polar surface area (TPSA) is 54.4 Å². The van der Waals surface area contributed by atoms with Crippen LogP contribution in [0.1, 0.15) is 46.5 Å². The first-order chi connectivity index (χ1) is 5.65. The number of carboxylic acids is 1. The van der Waals surface area contributed by atoms with E-state index >= 15 is 0 Å². The molecule has 0 aromatic heterocycles. The van der Waals surface area contributed by atoms with Crippen molar-refractivity contribution in [3.8, 4) is 0 Å². The third-order valence-electron chi connectivity index (χ3n) is 0.957. The fourth-order valence-corrected chi connectivity index (χ4v) is 0.500. The van der Waals surface area contributed by atoms with Crippen LogP contribution in [0.5, 0.6) is 0 Å². The molecule has 0 saturated heterocycles. The fraction of sp³-hybridized carbons (Fsp3) is 0.875. The normalized spacial score (nSPS) is 7.08. The van der Waals surface area contributed by atoms with E-state index in [9.17, 15) is 0 Å². The molecule has 0 amide bonds. The average Bonchev–Trinajstić information content (AvgIpc) is 2.04. The van der Waals surface area contributed by atoms with Crippen LogP contribution >= 0.6 is 0 Å². The molecule has 12 heavy (non-hydrogen) atoms. The average molecular weight is 270 g/mol. The standard InChI is InChI=1S/C6H14.C2H4O2.Ag.O/c1-3-5-6-4-2;1-2(3)4;;/h3-6H2,1-2H3;1H3,(H,3,4);;. The first kappa shape index (κ1) is 17.9. The van der Waals surface area contributed by atoms with Gasteiger partial charge in [-0.2, -0.15) is 0 Å². The Balaban J connectivity index is -0.000000118. The van der Waals surface area contributed by atoms with Crippen LogP contribution in [0.25, 0.3) is 0 Å². The van der Waals surface area contributed by atoms with Gasteiger partial charge in [-0.15, -0.1) is 0 Å². The number of unbranched alkanes of at least 4 members (excludes halogenated alkanes) is 3. The molecule has 0 spiro atoms. The van der Waals surface area contributed by atoms with Crippen LogP contribution in [0.15, 0.2) is 0 Å². The Morgan fingerprint density at radius 3 is 1.42 bits per heavy atom. The van der Waals surface area contributed by atoms with Gasteiger partial charge >= 0.3 is 24.3 Å². The van der Waals surface area contributed by atoms with Crippen molar-refractivity contribution >= 4 is 5.97 Å². The van der Waals surface area contributed by atoms with Gasteiger partial charge in [-0.1, -0.05) is 39.5 Å². The Morgan fingerprint density at radius 1 is 1.17 bits per heavy atom. The second kappa shape index (κ2) is 22.5. The molecule has 0 atom stereocenters. The van der Waals surface area contributed by atoms with E-state index in [4.69, 9.17) is 13.2 Å². The summed E-state index contributed by atoms with van der Waals surface area (Å²) in [5, 5.41) is 7.42. The van der Waals surface area contributed by atoms with Crippen LogP contribution in [-0.4, -0.2) is 11.1 Å². The molecular formula is C8H18AgO3. The molecule has 0 aromatic carbocycles. The summed E-state index contributed by atoms with van der Waals surface area (Å²) in [6, 6.07) is 0. The van der Waals surface area contributed by atoms with Gasteiger partial charge in [0.2, 0.25) is 0 Å². The van der Waals surface area contributed by atoms with Crippen molar-refractivity contribution in [3.63, 3.8) is 0 Å². The fourth-order valence-electron chi connectivity index (χ4n) is 0.500. The molecule has 0 saturated carbocycles. The summed E-state index contributed by atoms with van der Waals surface area (Å²) < 4.78 is 8.06. The zero-order valence-electron chi connectivity index (χ0n) is 7.89. The van der Waals surface area contributed by atoms with Crippen molar-refractivity contribution in [1.29, 1.82) is 0 Å². The molecular weight excluding hydrogens is 252 g/mol. The first-order valence-corrected chi connectivity index (χ1v) is 4.57. The Morgan fingerprint density at radius 2 is 1.33 bits per heavy atom. The summed E-state index contributed by atoms with van der Waals surface area (Å²) in [7, 11) is 0. The van der Waals surface area contributed by atoms with Gasteiger partial charge in [0, 0.05) is 6.92 Å². The van der Waals surface area contributed by atoms with Gasteiger partial charge in [-0.3, -0.25) is 4.79 Å². The predicted molar refractivity (Wildman–Crippen MR) is 43.8 cm³/mol. The van der Waals surface area contributed by atoms with Gasteiger partial charge in [0.15, 0.2) is 0 Å². The monoisotopic (exact) mass is 269 g/mol. The van der Waals surface area contributed by atoms with E-state index in [1.54, 1.807) is 21.0 Å². The number of hydrogen-bond acceptors (Lipinski definition) is 2. The molecule has 0 radical (unpaired) electrons. The molecule has 0 unspecified atom stereocenters. The number of carbonyl (C=O) groups is 1. The van der Waals surface area contributed by atoms with Gasteiger partial charge < -0.3 is 5.11 Å². The zero-order valence-corrected chi connectivity index (χ0v) is 9.38. The summed E-state index contributed by atoms with van der Waals surface area (Å²) in [5.74, 6) is -0.833. The van der Waals surface area contributed by atoms with Crippen molar-refractivity contribution in [2.75, 3.05) is 0 Å². The van der Waals surface area contributed by atoms with E-state index in [-0.39, 0.29) is 0 Å². The van der Waals surface area contributed by atoms with Crippen molar-refractivity contribution in [1.82, 2.24) is 0 Å². The molecule has 3 nitrogen and oxygen atoms in total. The Kier molecular flexibility index (Phi) is 33.6. The van der Waals surface area contributed by atoms with E-state index in [0.29, 0.717) is 0 Å². The molecule has 4 heteroatoms. The number of aliphatic carboxylic acids is 1. The van der Waals surface area contributed by atoms with Crippen LogP contribution in [0.2, 0.25) is 0 Å². The molecule has 1 N–H and O–H groups in total. The molecule has 0 aliphatic carbocycles. The van der Waals surface area contributed by atoms with Crippen molar-refractivity contribution < 1.29 is 34.2 Å². The van der Waals surface area contributed by atoms with E-state index in [2.05, 4.69) is 13.8 Å². The Hall–Kier alpha value is 0.0103. The minimum atomic E-state index is -0.833. The second-order valence-corrected chi connectivity index (χ2v) is 2.23. The summed E-state index contributed by atoms with van der Waals surface area (Å²) >= 11 is 1.70.